The van der Waals surface area contributed by atoms with Crippen molar-refractivity contribution in [2.24, 2.45) is 0 Å². The lowest BCUT2D eigenvalue weighted by Gasteiger charge is -2.19. The molecule has 146 valence electrons. The number of thiophene rings is 1. The van der Waals surface area contributed by atoms with Crippen LogP contribution in [0.3, 0.4) is 0 Å². The fourth-order valence-electron chi connectivity index (χ4n) is 3.21. The molecule has 2 aromatic carbocycles. The lowest BCUT2D eigenvalue weighted by Crippen LogP contribution is -2.12. The fraction of sp³-hybridized carbons (Fsp3) is 0.273. The Balaban J connectivity index is 1.63. The average Bonchev–Trinajstić information content (AvgIpc) is 3.24. The maximum Gasteiger partial charge on any atom is 0.231 e. The zero-order chi connectivity index (χ0) is 19.9. The van der Waals surface area contributed by atoms with E-state index in [0.717, 1.165) is 28.6 Å². The summed E-state index contributed by atoms with van der Waals surface area (Å²) in [5.41, 5.74) is 3.50. The number of halogens is 2. The van der Waals surface area contributed by atoms with Gasteiger partial charge in [-0.2, -0.15) is 0 Å². The molecule has 0 bridgehead atoms. The van der Waals surface area contributed by atoms with Crippen LogP contribution in [0.4, 0.5) is 10.7 Å². The predicted octanol–water partition coefficient (Wildman–Crippen LogP) is 7.42. The van der Waals surface area contributed by atoms with Gasteiger partial charge in [0, 0.05) is 17.0 Å². The van der Waals surface area contributed by atoms with E-state index in [2.05, 4.69) is 44.3 Å². The number of nitrogens with one attached hydrogen (secondary N) is 1. The minimum atomic E-state index is 0.0414. The summed E-state index contributed by atoms with van der Waals surface area (Å²) < 4.78 is 10.9. The first-order chi connectivity index (χ1) is 13.3. The van der Waals surface area contributed by atoms with Crippen LogP contribution in [0.1, 0.15) is 36.8 Å². The molecule has 0 amide bonds. The SMILES string of the molecule is CC(C)(C)c1cc(Nc2ccc(Cl)c(Cl)c2)sc1Cc1ccc2c(c1)OCO2. The summed E-state index contributed by atoms with van der Waals surface area (Å²) in [6.45, 7) is 7.01. The first kappa shape index (κ1) is 19.4. The molecule has 0 aliphatic carbocycles. The first-order valence-corrected chi connectivity index (χ1v) is 10.6. The van der Waals surface area contributed by atoms with Gasteiger partial charge in [-0.25, -0.2) is 0 Å². The van der Waals surface area contributed by atoms with Crippen molar-refractivity contribution in [1.82, 2.24) is 0 Å². The van der Waals surface area contributed by atoms with E-state index in [1.54, 1.807) is 17.4 Å². The molecule has 0 atom stereocenters. The summed E-state index contributed by atoms with van der Waals surface area (Å²) >= 11 is 13.9. The molecule has 3 aromatic rings. The summed E-state index contributed by atoms with van der Waals surface area (Å²) in [4.78, 5) is 1.33. The Labute approximate surface area is 179 Å². The van der Waals surface area contributed by atoms with Crippen LogP contribution in [0.15, 0.2) is 42.5 Å². The summed E-state index contributed by atoms with van der Waals surface area (Å²) in [7, 11) is 0. The van der Waals surface area contributed by atoms with Gasteiger partial charge in [0.15, 0.2) is 11.5 Å². The van der Waals surface area contributed by atoms with Crippen LogP contribution < -0.4 is 14.8 Å². The van der Waals surface area contributed by atoms with Crippen molar-refractivity contribution < 1.29 is 9.47 Å². The molecule has 0 saturated carbocycles. The molecule has 2 heterocycles. The van der Waals surface area contributed by atoms with Crippen molar-refractivity contribution in [3.63, 3.8) is 0 Å². The third kappa shape index (κ3) is 4.09. The van der Waals surface area contributed by atoms with Gasteiger partial charge in [-0.05, 0) is 52.9 Å². The lowest BCUT2D eigenvalue weighted by atomic mass is 9.86. The molecule has 0 fully saturated rings. The van der Waals surface area contributed by atoms with Gasteiger partial charge in [0.2, 0.25) is 6.79 Å². The number of benzene rings is 2. The standard InChI is InChI=1S/C22H21Cl2NO2S/c1-22(2,3)15-11-21(25-14-5-6-16(23)17(24)10-14)28-20(15)9-13-4-7-18-19(8-13)27-12-26-18/h4-8,10-11,25H,9,12H2,1-3H3. The number of hydrogen-bond donors (Lipinski definition) is 1. The van der Waals surface area contributed by atoms with Gasteiger partial charge < -0.3 is 14.8 Å². The summed E-state index contributed by atoms with van der Waals surface area (Å²) in [6, 6.07) is 14.0. The molecular formula is C22H21Cl2NO2S. The highest BCUT2D eigenvalue weighted by Crippen LogP contribution is 2.40. The van der Waals surface area contributed by atoms with Crippen LogP contribution >= 0.6 is 34.5 Å². The third-order valence-corrected chi connectivity index (χ3v) is 6.40. The van der Waals surface area contributed by atoms with Crippen LogP contribution in [0.2, 0.25) is 10.0 Å². The third-order valence-electron chi connectivity index (χ3n) is 4.61. The number of fused-ring (bicyclic) bond motifs is 1. The highest BCUT2D eigenvalue weighted by Gasteiger charge is 2.22. The monoisotopic (exact) mass is 433 g/mol. The van der Waals surface area contributed by atoms with Gasteiger partial charge in [-0.15, -0.1) is 11.3 Å². The Kier molecular flexibility index (Phi) is 5.21. The van der Waals surface area contributed by atoms with Gasteiger partial charge >= 0.3 is 0 Å². The first-order valence-electron chi connectivity index (χ1n) is 9.03. The molecule has 1 aliphatic heterocycles. The molecule has 0 spiro atoms. The van der Waals surface area contributed by atoms with Crippen molar-refractivity contribution in [1.29, 1.82) is 0 Å². The second-order valence-corrected chi connectivity index (χ2v) is 9.77. The Morgan fingerprint density at radius 3 is 2.50 bits per heavy atom. The second kappa shape index (κ2) is 7.51. The van der Waals surface area contributed by atoms with Gasteiger partial charge in [0.25, 0.3) is 0 Å². The van der Waals surface area contributed by atoms with E-state index in [-0.39, 0.29) is 5.41 Å². The maximum absolute atomic E-state index is 6.15. The Morgan fingerprint density at radius 2 is 1.75 bits per heavy atom. The van der Waals surface area contributed by atoms with E-state index in [9.17, 15) is 0 Å². The van der Waals surface area contributed by atoms with E-state index < -0.39 is 0 Å². The van der Waals surface area contributed by atoms with Crippen molar-refractivity contribution in [3.05, 3.63) is 68.5 Å². The maximum atomic E-state index is 6.15. The highest BCUT2D eigenvalue weighted by atomic mass is 35.5. The Bertz CT molecular complexity index is 1020. The predicted molar refractivity (Wildman–Crippen MR) is 118 cm³/mol. The van der Waals surface area contributed by atoms with Gasteiger partial charge in [0.05, 0.1) is 15.0 Å². The van der Waals surface area contributed by atoms with Crippen molar-refractivity contribution in [3.8, 4) is 11.5 Å². The lowest BCUT2D eigenvalue weighted by molar-refractivity contribution is 0.174. The molecule has 6 heteroatoms. The summed E-state index contributed by atoms with van der Waals surface area (Å²) in [6.07, 6.45) is 0.844. The summed E-state index contributed by atoms with van der Waals surface area (Å²) in [5.74, 6) is 1.63. The number of hydrogen-bond acceptors (Lipinski definition) is 4. The molecule has 0 radical (unpaired) electrons. The molecule has 0 unspecified atom stereocenters. The summed E-state index contributed by atoms with van der Waals surface area (Å²) in [5, 5.41) is 5.64. The fourth-order valence-corrected chi connectivity index (χ4v) is 4.83. The molecule has 1 N–H and O–H groups in total. The van der Waals surface area contributed by atoms with Gasteiger partial charge in [-0.1, -0.05) is 50.0 Å². The molecule has 3 nitrogen and oxygen atoms in total. The van der Waals surface area contributed by atoms with E-state index in [1.165, 1.54) is 16.0 Å². The van der Waals surface area contributed by atoms with Crippen LogP contribution in [0.25, 0.3) is 0 Å². The minimum Gasteiger partial charge on any atom is -0.454 e. The molecule has 1 aliphatic rings. The van der Waals surface area contributed by atoms with E-state index in [4.69, 9.17) is 32.7 Å². The number of rotatable bonds is 4. The minimum absolute atomic E-state index is 0.0414. The smallest absolute Gasteiger partial charge is 0.231 e. The average molecular weight is 434 g/mol. The normalized spacial score (nSPS) is 13.0. The number of ether oxygens (including phenoxy) is 2. The molecular weight excluding hydrogens is 413 g/mol. The van der Waals surface area contributed by atoms with Crippen LogP contribution in [0, 0.1) is 0 Å². The highest BCUT2D eigenvalue weighted by molar-refractivity contribution is 7.16. The van der Waals surface area contributed by atoms with Crippen molar-refractivity contribution in [2.45, 2.75) is 32.6 Å². The Morgan fingerprint density at radius 1 is 0.964 bits per heavy atom. The van der Waals surface area contributed by atoms with Gasteiger partial charge in [-0.3, -0.25) is 0 Å². The molecule has 28 heavy (non-hydrogen) atoms. The Hall–Kier alpha value is -1.88. The zero-order valence-electron chi connectivity index (χ0n) is 15.9. The van der Waals surface area contributed by atoms with E-state index in [1.807, 2.05) is 18.2 Å². The second-order valence-electron chi connectivity index (χ2n) is 7.82. The molecule has 4 rings (SSSR count). The topological polar surface area (TPSA) is 30.5 Å². The number of anilines is 2. The van der Waals surface area contributed by atoms with Crippen molar-refractivity contribution >= 4 is 45.2 Å². The molecule has 1 aromatic heterocycles. The zero-order valence-corrected chi connectivity index (χ0v) is 18.3. The van der Waals surface area contributed by atoms with Crippen LogP contribution in [-0.4, -0.2) is 6.79 Å². The van der Waals surface area contributed by atoms with Crippen molar-refractivity contribution in [2.75, 3.05) is 12.1 Å². The van der Waals surface area contributed by atoms with Gasteiger partial charge in [0.1, 0.15) is 0 Å². The van der Waals surface area contributed by atoms with E-state index >= 15 is 0 Å². The van der Waals surface area contributed by atoms with Crippen LogP contribution in [0.5, 0.6) is 11.5 Å². The van der Waals surface area contributed by atoms with E-state index in [0.29, 0.717) is 16.8 Å². The molecule has 0 saturated heterocycles. The largest absolute Gasteiger partial charge is 0.454 e. The quantitative estimate of drug-likeness (QED) is 0.464. The van der Waals surface area contributed by atoms with Crippen LogP contribution in [-0.2, 0) is 11.8 Å².